The Morgan fingerprint density at radius 2 is 2.20 bits per heavy atom. The predicted molar refractivity (Wildman–Crippen MR) is 129 cm³/mol. The van der Waals surface area contributed by atoms with Crippen LogP contribution in [0.3, 0.4) is 0 Å². The summed E-state index contributed by atoms with van der Waals surface area (Å²) >= 11 is 9.21. The zero-order valence-corrected chi connectivity index (χ0v) is 20.7. The average molecular weight is 563 g/mol. The van der Waals surface area contributed by atoms with E-state index in [4.69, 9.17) is 25.5 Å². The zero-order valence-electron chi connectivity index (χ0n) is 18.4. The van der Waals surface area contributed by atoms with Gasteiger partial charge >= 0.3 is 0 Å². The summed E-state index contributed by atoms with van der Waals surface area (Å²) in [6, 6.07) is 9.48. The smallest absolute Gasteiger partial charge is 0.288 e. The predicted octanol–water partition coefficient (Wildman–Crippen LogP) is 4.52. The molecule has 0 aliphatic rings. The van der Waals surface area contributed by atoms with Crippen molar-refractivity contribution in [1.82, 2.24) is 10.4 Å². The number of hydrogen-bond acceptors (Lipinski definition) is 9. The van der Waals surface area contributed by atoms with Crippen LogP contribution in [0.4, 0.5) is 5.69 Å². The number of nitro groups is 1. The van der Waals surface area contributed by atoms with Crippen LogP contribution in [0.5, 0.6) is 5.88 Å². The van der Waals surface area contributed by atoms with Crippen molar-refractivity contribution in [2.24, 2.45) is 5.10 Å². The van der Waals surface area contributed by atoms with Gasteiger partial charge in [0.15, 0.2) is 6.61 Å². The Balaban J connectivity index is 1.63. The molecule has 3 aromatic rings. The molecule has 2 heterocycles. The van der Waals surface area contributed by atoms with Crippen molar-refractivity contribution < 1.29 is 23.6 Å². The first-order chi connectivity index (χ1) is 16.7. The Labute approximate surface area is 212 Å². The Hall–Kier alpha value is -3.79. The second-order valence-electron chi connectivity index (χ2n) is 6.92. The fourth-order valence-electron chi connectivity index (χ4n) is 2.93. The van der Waals surface area contributed by atoms with Crippen molar-refractivity contribution in [2.45, 2.75) is 13.5 Å². The molecule has 0 saturated heterocycles. The number of carbonyl (C=O) groups is 1. The molecule has 0 atom stereocenters. The van der Waals surface area contributed by atoms with Gasteiger partial charge in [-0.3, -0.25) is 14.9 Å². The maximum Gasteiger partial charge on any atom is 0.288 e. The molecule has 0 fully saturated rings. The van der Waals surface area contributed by atoms with Gasteiger partial charge in [0.1, 0.15) is 28.2 Å². The van der Waals surface area contributed by atoms with E-state index in [1.54, 1.807) is 25.1 Å². The number of nitriles is 1. The second kappa shape index (κ2) is 11.6. The lowest BCUT2D eigenvalue weighted by atomic mass is 10.1. The first-order valence-corrected chi connectivity index (χ1v) is 11.0. The molecule has 0 unspecified atom stereocenters. The van der Waals surface area contributed by atoms with Crippen molar-refractivity contribution in [3.8, 4) is 23.3 Å². The quantitative estimate of drug-likeness (QED) is 0.227. The number of benzene rings is 1. The van der Waals surface area contributed by atoms with Gasteiger partial charge in [0.05, 0.1) is 23.4 Å². The van der Waals surface area contributed by atoms with Gasteiger partial charge in [0.2, 0.25) is 5.88 Å². The van der Waals surface area contributed by atoms with Gasteiger partial charge in [-0.25, -0.2) is 10.4 Å². The molecule has 180 valence electrons. The van der Waals surface area contributed by atoms with E-state index in [-0.39, 0.29) is 28.8 Å². The maximum absolute atomic E-state index is 12.1. The first kappa shape index (κ1) is 25.8. The summed E-state index contributed by atoms with van der Waals surface area (Å²) in [6.45, 7) is 1.44. The number of methoxy groups -OCH3 is 1. The monoisotopic (exact) mass is 561 g/mol. The number of nitrogens with one attached hydrogen (secondary N) is 1. The minimum Gasteiger partial charge on any atom is -0.467 e. The number of furan rings is 1. The topological polar surface area (TPSA) is 153 Å². The molecule has 35 heavy (non-hydrogen) atoms. The molecular weight excluding hydrogens is 546 g/mol. The van der Waals surface area contributed by atoms with Crippen LogP contribution in [0, 0.1) is 28.4 Å². The summed E-state index contributed by atoms with van der Waals surface area (Å²) in [5.74, 6) is 0.0569. The van der Waals surface area contributed by atoms with Gasteiger partial charge in [0.25, 0.3) is 11.6 Å². The van der Waals surface area contributed by atoms with Gasteiger partial charge in [-0.05, 0) is 47.1 Å². The number of aryl methyl sites for hydroxylation is 1. The van der Waals surface area contributed by atoms with E-state index in [9.17, 15) is 20.2 Å². The van der Waals surface area contributed by atoms with E-state index in [2.05, 4.69) is 31.4 Å². The van der Waals surface area contributed by atoms with E-state index in [1.807, 2.05) is 6.07 Å². The Kier molecular flexibility index (Phi) is 8.53. The van der Waals surface area contributed by atoms with Crippen LogP contribution >= 0.6 is 27.5 Å². The number of pyridine rings is 1. The van der Waals surface area contributed by atoms with E-state index in [1.165, 1.54) is 25.5 Å². The summed E-state index contributed by atoms with van der Waals surface area (Å²) in [7, 11) is 1.50. The molecule has 0 saturated carbocycles. The molecule has 0 bridgehead atoms. The summed E-state index contributed by atoms with van der Waals surface area (Å²) in [6.07, 6.45) is 1.26. The molecule has 0 radical (unpaired) electrons. The van der Waals surface area contributed by atoms with Crippen molar-refractivity contribution in [2.75, 3.05) is 13.7 Å². The lowest BCUT2D eigenvalue weighted by Crippen LogP contribution is -2.25. The standard InChI is InChI=1S/C22H17BrClN5O6/c1-12-21(23)16(10-33-2)15(8-25)22(27-12)34-11-20(30)28-26-9-14-4-6-19(35-14)13-3-5-17(24)18(7-13)29(31)32/h3-7,9H,10-11H2,1-2H3,(H,28,30). The third-order valence-electron chi connectivity index (χ3n) is 4.54. The summed E-state index contributed by atoms with van der Waals surface area (Å²) < 4.78 is 16.8. The normalized spacial score (nSPS) is 10.8. The second-order valence-corrected chi connectivity index (χ2v) is 8.12. The molecule has 13 heteroatoms. The summed E-state index contributed by atoms with van der Waals surface area (Å²) in [5, 5.41) is 24.4. The van der Waals surface area contributed by atoms with Crippen LogP contribution in [0.2, 0.25) is 5.02 Å². The van der Waals surface area contributed by atoms with Crippen LogP contribution in [-0.4, -0.2) is 35.7 Å². The number of ether oxygens (including phenoxy) is 2. The van der Waals surface area contributed by atoms with E-state index in [0.29, 0.717) is 32.8 Å². The molecule has 1 aromatic carbocycles. The van der Waals surface area contributed by atoms with Gasteiger partial charge in [0, 0.05) is 28.8 Å². The van der Waals surface area contributed by atoms with Crippen LogP contribution in [0.15, 0.2) is 44.3 Å². The van der Waals surface area contributed by atoms with Crippen molar-refractivity contribution >= 4 is 45.3 Å². The third kappa shape index (κ3) is 6.21. The lowest BCUT2D eigenvalue weighted by Gasteiger charge is -2.13. The molecular formula is C22H17BrClN5O6. The summed E-state index contributed by atoms with van der Waals surface area (Å²) in [4.78, 5) is 26.8. The highest BCUT2D eigenvalue weighted by Crippen LogP contribution is 2.31. The molecule has 3 rings (SSSR count). The van der Waals surface area contributed by atoms with Gasteiger partial charge in [-0.2, -0.15) is 10.4 Å². The number of nitrogens with zero attached hydrogens (tertiary/aromatic N) is 4. The lowest BCUT2D eigenvalue weighted by molar-refractivity contribution is -0.384. The number of aromatic nitrogens is 1. The number of carbonyl (C=O) groups excluding carboxylic acids is 1. The molecule has 0 aliphatic heterocycles. The van der Waals surface area contributed by atoms with E-state index in [0.717, 1.165) is 0 Å². The fourth-order valence-corrected chi connectivity index (χ4v) is 3.52. The SMILES string of the molecule is COCc1c(Br)c(C)nc(OCC(=O)NN=Cc2ccc(-c3ccc(Cl)c([N+](=O)[O-])c3)o2)c1C#N. The Morgan fingerprint density at radius 1 is 1.43 bits per heavy atom. The highest BCUT2D eigenvalue weighted by molar-refractivity contribution is 9.10. The Morgan fingerprint density at radius 3 is 2.89 bits per heavy atom. The number of halogens is 2. The number of nitro benzene ring substituents is 1. The number of hydrogen-bond donors (Lipinski definition) is 1. The van der Waals surface area contributed by atoms with Crippen molar-refractivity contribution in [3.05, 3.63) is 72.5 Å². The van der Waals surface area contributed by atoms with Crippen molar-refractivity contribution in [3.63, 3.8) is 0 Å². The highest BCUT2D eigenvalue weighted by Gasteiger charge is 2.19. The summed E-state index contributed by atoms with van der Waals surface area (Å²) in [5.41, 5.74) is 3.79. The minimum absolute atomic E-state index is 0.00659. The van der Waals surface area contributed by atoms with Gasteiger partial charge < -0.3 is 13.9 Å². The van der Waals surface area contributed by atoms with Crippen LogP contribution in [-0.2, 0) is 16.1 Å². The largest absolute Gasteiger partial charge is 0.467 e. The minimum atomic E-state index is -0.596. The number of hydrazone groups is 1. The maximum atomic E-state index is 12.1. The van der Waals surface area contributed by atoms with E-state index >= 15 is 0 Å². The highest BCUT2D eigenvalue weighted by atomic mass is 79.9. The Bertz CT molecular complexity index is 1350. The molecule has 1 amide bonds. The molecule has 11 nitrogen and oxygen atoms in total. The first-order valence-electron chi connectivity index (χ1n) is 9.82. The molecule has 1 N–H and O–H groups in total. The van der Waals surface area contributed by atoms with Crippen LogP contribution in [0.1, 0.15) is 22.6 Å². The molecule has 0 spiro atoms. The third-order valence-corrected chi connectivity index (χ3v) is 5.92. The van der Waals surface area contributed by atoms with Gasteiger partial charge in [-0.1, -0.05) is 11.6 Å². The van der Waals surface area contributed by atoms with Crippen molar-refractivity contribution in [1.29, 1.82) is 5.26 Å². The fraction of sp³-hybridized carbons (Fsp3) is 0.182. The average Bonchev–Trinajstić information content (AvgIpc) is 3.30. The van der Waals surface area contributed by atoms with Crippen LogP contribution in [0.25, 0.3) is 11.3 Å². The zero-order chi connectivity index (χ0) is 25.5. The molecule has 0 aliphatic carbocycles. The number of rotatable bonds is 9. The molecule has 2 aromatic heterocycles. The van der Waals surface area contributed by atoms with E-state index < -0.39 is 17.4 Å². The van der Waals surface area contributed by atoms with Crippen LogP contribution < -0.4 is 10.2 Å². The van der Waals surface area contributed by atoms with Gasteiger partial charge in [-0.15, -0.1) is 0 Å². The number of amides is 1.